The fraction of sp³-hybridized carbons (Fsp3) is 0.300. The summed E-state index contributed by atoms with van der Waals surface area (Å²) in [7, 11) is 1.71. The van der Waals surface area contributed by atoms with Crippen LogP contribution in [0.25, 0.3) is 10.9 Å². The van der Waals surface area contributed by atoms with E-state index >= 15 is 0 Å². The van der Waals surface area contributed by atoms with Gasteiger partial charge in [0.1, 0.15) is 17.9 Å². The topological polar surface area (TPSA) is 38.3 Å². The summed E-state index contributed by atoms with van der Waals surface area (Å²) in [6, 6.07) is 12.7. The minimum atomic E-state index is 0.0901. The van der Waals surface area contributed by atoms with Gasteiger partial charge in [-0.2, -0.15) is 0 Å². The normalized spacial score (nSPS) is 13.9. The van der Waals surface area contributed by atoms with Crippen LogP contribution in [0.2, 0.25) is 0 Å². The van der Waals surface area contributed by atoms with Crippen LogP contribution in [0.5, 0.6) is 5.75 Å². The van der Waals surface area contributed by atoms with Crippen molar-refractivity contribution in [2.45, 2.75) is 35.3 Å². The lowest BCUT2D eigenvalue weighted by molar-refractivity contribution is 0.405. The molecular weight excluding hydrogens is 362 g/mol. The van der Waals surface area contributed by atoms with Gasteiger partial charge in [0.15, 0.2) is 0 Å². The van der Waals surface area contributed by atoms with Crippen LogP contribution in [-0.4, -0.2) is 27.7 Å². The molecule has 0 atom stereocenters. The number of hydrogen-bond acceptors (Lipinski definition) is 6. The maximum atomic E-state index is 5.62. The number of fused-ring (bicyclic) bond motifs is 2. The molecule has 1 aromatic heterocycles. The van der Waals surface area contributed by atoms with Gasteiger partial charge in [0.25, 0.3) is 0 Å². The predicted octanol–water partition coefficient (Wildman–Crippen LogP) is 5.73. The summed E-state index contributed by atoms with van der Waals surface area (Å²) in [5.74, 6) is 2.67. The van der Waals surface area contributed by atoms with E-state index in [0.29, 0.717) is 0 Å². The van der Waals surface area contributed by atoms with Crippen molar-refractivity contribution in [1.29, 1.82) is 0 Å². The van der Waals surface area contributed by atoms with Gasteiger partial charge in [-0.25, -0.2) is 9.97 Å². The number of rotatable bonds is 3. The fourth-order valence-corrected chi connectivity index (χ4v) is 5.13. The number of benzene rings is 2. The van der Waals surface area contributed by atoms with Gasteiger partial charge in [-0.05, 0) is 18.2 Å². The molecule has 0 spiro atoms. The summed E-state index contributed by atoms with van der Waals surface area (Å²) in [5.41, 5.74) is 2.11. The molecule has 2 aromatic carbocycles. The average Bonchev–Trinajstić information content (AvgIpc) is 3.03. The molecule has 0 saturated heterocycles. The minimum absolute atomic E-state index is 0.0901. The number of para-hydroxylation sites is 1. The van der Waals surface area contributed by atoms with Crippen LogP contribution in [0.4, 0.5) is 11.5 Å². The molecule has 0 radical (unpaired) electrons. The van der Waals surface area contributed by atoms with Gasteiger partial charge in [-0.1, -0.05) is 32.9 Å². The van der Waals surface area contributed by atoms with Crippen molar-refractivity contribution in [1.82, 2.24) is 9.97 Å². The van der Waals surface area contributed by atoms with Crippen molar-refractivity contribution in [3.63, 3.8) is 0 Å². The zero-order chi connectivity index (χ0) is 18.3. The Morgan fingerprint density at radius 3 is 2.73 bits per heavy atom. The zero-order valence-corrected chi connectivity index (χ0v) is 16.9. The van der Waals surface area contributed by atoms with Gasteiger partial charge in [0.05, 0.1) is 29.1 Å². The van der Waals surface area contributed by atoms with E-state index < -0.39 is 0 Å². The molecule has 1 aliphatic rings. The van der Waals surface area contributed by atoms with Crippen LogP contribution in [0.1, 0.15) is 20.8 Å². The Bertz CT molecular complexity index is 969. The lowest BCUT2D eigenvalue weighted by atomic mass is 10.2. The molecule has 0 unspecified atom stereocenters. The Balaban J connectivity index is 1.87. The number of hydrogen-bond donors (Lipinski definition) is 0. The Kier molecular flexibility index (Phi) is 4.49. The van der Waals surface area contributed by atoms with Gasteiger partial charge in [0, 0.05) is 21.1 Å². The van der Waals surface area contributed by atoms with Crippen molar-refractivity contribution in [2.75, 3.05) is 17.9 Å². The van der Waals surface area contributed by atoms with E-state index in [1.54, 1.807) is 25.2 Å². The van der Waals surface area contributed by atoms with Crippen LogP contribution >= 0.6 is 23.5 Å². The number of anilines is 2. The first-order chi connectivity index (χ1) is 12.5. The van der Waals surface area contributed by atoms with Crippen LogP contribution in [0, 0.1) is 0 Å². The van der Waals surface area contributed by atoms with Gasteiger partial charge < -0.3 is 9.64 Å². The molecule has 1 aliphatic heterocycles. The summed E-state index contributed by atoms with van der Waals surface area (Å²) in [5, 5.41) is 1.05. The van der Waals surface area contributed by atoms with Crippen LogP contribution < -0.4 is 9.64 Å². The highest BCUT2D eigenvalue weighted by Crippen LogP contribution is 2.45. The molecule has 0 saturated carbocycles. The van der Waals surface area contributed by atoms with E-state index in [1.165, 1.54) is 10.6 Å². The van der Waals surface area contributed by atoms with Gasteiger partial charge in [0.2, 0.25) is 0 Å². The molecule has 0 aliphatic carbocycles. The minimum Gasteiger partial charge on any atom is -0.496 e. The van der Waals surface area contributed by atoms with Crippen molar-refractivity contribution in [3.8, 4) is 5.75 Å². The van der Waals surface area contributed by atoms with Crippen LogP contribution in [0.15, 0.2) is 52.5 Å². The molecule has 3 aromatic rings. The third-order valence-electron chi connectivity index (χ3n) is 4.08. The van der Waals surface area contributed by atoms with Crippen molar-refractivity contribution in [2.24, 2.45) is 0 Å². The molecule has 0 N–H and O–H groups in total. The molecule has 134 valence electrons. The first-order valence-corrected chi connectivity index (χ1v) is 10.3. The third-order valence-corrected chi connectivity index (χ3v) is 6.27. The molecule has 4 nitrogen and oxygen atoms in total. The Morgan fingerprint density at radius 2 is 1.96 bits per heavy atom. The molecule has 6 heteroatoms. The van der Waals surface area contributed by atoms with Crippen molar-refractivity contribution >= 4 is 45.9 Å². The van der Waals surface area contributed by atoms with Gasteiger partial charge >= 0.3 is 0 Å². The van der Waals surface area contributed by atoms with E-state index in [0.717, 1.165) is 33.2 Å². The molecule has 0 amide bonds. The number of aromatic nitrogens is 2. The quantitative estimate of drug-likeness (QED) is 0.538. The lowest BCUT2D eigenvalue weighted by Gasteiger charge is -2.22. The van der Waals surface area contributed by atoms with Crippen molar-refractivity contribution in [3.05, 3.63) is 42.7 Å². The monoisotopic (exact) mass is 383 g/mol. The molecular formula is C20H21N3OS2. The maximum Gasteiger partial charge on any atom is 0.145 e. The molecule has 4 rings (SSSR count). The zero-order valence-electron chi connectivity index (χ0n) is 15.3. The third kappa shape index (κ3) is 3.23. The highest BCUT2D eigenvalue weighted by Gasteiger charge is 2.24. The smallest absolute Gasteiger partial charge is 0.145 e. The molecule has 0 fully saturated rings. The second-order valence-electron chi connectivity index (χ2n) is 7.10. The molecule has 26 heavy (non-hydrogen) atoms. The first kappa shape index (κ1) is 17.5. The van der Waals surface area contributed by atoms with Gasteiger partial charge in [-0.15, -0.1) is 23.5 Å². The van der Waals surface area contributed by atoms with E-state index in [-0.39, 0.29) is 4.75 Å². The Labute approximate surface area is 162 Å². The number of nitrogens with zero attached hydrogens (tertiary/aromatic N) is 3. The summed E-state index contributed by atoms with van der Waals surface area (Å²) in [6.07, 6.45) is 1.64. The first-order valence-electron chi connectivity index (χ1n) is 8.47. The highest BCUT2D eigenvalue weighted by atomic mass is 32.2. The van der Waals surface area contributed by atoms with Crippen LogP contribution in [0.3, 0.4) is 0 Å². The fourth-order valence-electron chi connectivity index (χ4n) is 3.02. The number of methoxy groups -OCH3 is 1. The Hall–Kier alpha value is -1.92. The van der Waals surface area contributed by atoms with Gasteiger partial charge in [-0.3, -0.25) is 0 Å². The highest BCUT2D eigenvalue weighted by molar-refractivity contribution is 8.00. The summed E-state index contributed by atoms with van der Waals surface area (Å²) < 4.78 is 5.71. The van der Waals surface area contributed by atoms with Crippen molar-refractivity contribution < 1.29 is 4.74 Å². The Morgan fingerprint density at radius 1 is 1.15 bits per heavy atom. The van der Waals surface area contributed by atoms with Crippen LogP contribution in [-0.2, 0) is 0 Å². The van der Waals surface area contributed by atoms with E-state index in [2.05, 4.69) is 66.0 Å². The SMILES string of the molecule is COc1cc2ncnc(N3CSc4ccccc43)c2cc1SC(C)(C)C. The molecule has 0 bridgehead atoms. The summed E-state index contributed by atoms with van der Waals surface area (Å²) in [4.78, 5) is 13.8. The lowest BCUT2D eigenvalue weighted by Crippen LogP contribution is -2.14. The second kappa shape index (κ2) is 6.67. The number of ether oxygens (including phenoxy) is 1. The second-order valence-corrected chi connectivity index (χ2v) is 9.96. The number of thioether (sulfide) groups is 2. The maximum absolute atomic E-state index is 5.62. The summed E-state index contributed by atoms with van der Waals surface area (Å²) in [6.45, 7) is 6.62. The largest absolute Gasteiger partial charge is 0.496 e. The standard InChI is InChI=1S/C20H21N3OS2/c1-20(2,3)26-18-9-13-14(10-16(18)24-4)21-11-22-19(13)23-12-25-17-8-6-5-7-15(17)23/h5-11H,12H2,1-4H3. The van der Waals surface area contributed by atoms with E-state index in [4.69, 9.17) is 4.74 Å². The van der Waals surface area contributed by atoms with E-state index in [9.17, 15) is 0 Å². The van der Waals surface area contributed by atoms with E-state index in [1.807, 2.05) is 17.8 Å². The molecule has 2 heterocycles. The predicted molar refractivity (Wildman–Crippen MR) is 111 cm³/mol. The summed E-state index contributed by atoms with van der Waals surface area (Å²) >= 11 is 3.64. The average molecular weight is 384 g/mol.